The molecule has 2 nitrogen and oxygen atoms in total. The predicted octanol–water partition coefficient (Wildman–Crippen LogP) is 5.47. The minimum Gasteiger partial charge on any atom is -0.508 e. The van der Waals surface area contributed by atoms with Crippen LogP contribution < -0.4 is 4.74 Å². The number of ether oxygens (including phenoxy) is 1. The molecule has 0 radical (unpaired) electrons. The van der Waals surface area contributed by atoms with Crippen LogP contribution in [0.2, 0.25) is 10.0 Å². The van der Waals surface area contributed by atoms with Gasteiger partial charge in [0.05, 0.1) is 16.7 Å². The average Bonchev–Trinajstić information content (AvgIpc) is 2.39. The Morgan fingerprint density at radius 2 is 1.65 bits per heavy atom. The van der Waals surface area contributed by atoms with Crippen LogP contribution >= 0.6 is 39.1 Å². The van der Waals surface area contributed by atoms with Gasteiger partial charge in [0.25, 0.3) is 0 Å². The number of aromatic hydroxyl groups is 1. The van der Waals surface area contributed by atoms with E-state index in [9.17, 15) is 5.11 Å². The van der Waals surface area contributed by atoms with Crippen LogP contribution in [0.3, 0.4) is 0 Å². The lowest BCUT2D eigenvalue weighted by Crippen LogP contribution is -2.00. The fourth-order valence-corrected chi connectivity index (χ4v) is 2.63. The van der Waals surface area contributed by atoms with Crippen LogP contribution in [-0.4, -0.2) is 11.7 Å². The van der Waals surface area contributed by atoms with Gasteiger partial charge in [0.15, 0.2) is 5.75 Å². The van der Waals surface area contributed by atoms with Gasteiger partial charge in [-0.1, -0.05) is 51.3 Å². The molecule has 0 atom stereocenters. The molecule has 20 heavy (non-hydrogen) atoms. The monoisotopic (exact) mass is 374 g/mol. The second-order valence-corrected chi connectivity index (χ2v) is 6.05. The quantitative estimate of drug-likeness (QED) is 0.701. The first-order valence-corrected chi connectivity index (χ1v) is 7.66. The normalized spacial score (nSPS) is 10.6. The third-order valence-corrected chi connectivity index (χ3v) is 3.84. The van der Waals surface area contributed by atoms with E-state index in [1.54, 1.807) is 0 Å². The van der Waals surface area contributed by atoms with Crippen molar-refractivity contribution in [3.05, 3.63) is 56.5 Å². The first-order chi connectivity index (χ1) is 9.56. The molecule has 0 amide bonds. The maximum Gasteiger partial charge on any atom is 0.156 e. The Morgan fingerprint density at radius 1 is 1.05 bits per heavy atom. The molecule has 0 spiro atoms. The Balaban J connectivity index is 1.86. The molecule has 0 aliphatic carbocycles. The second kappa shape index (κ2) is 7.21. The van der Waals surface area contributed by atoms with Crippen molar-refractivity contribution in [2.75, 3.05) is 6.61 Å². The molecule has 0 bridgehead atoms. The summed E-state index contributed by atoms with van der Waals surface area (Å²) < 4.78 is 6.65. The highest BCUT2D eigenvalue weighted by Gasteiger charge is 2.09. The molecule has 0 unspecified atom stereocenters. The van der Waals surface area contributed by atoms with E-state index in [1.165, 1.54) is 17.7 Å². The van der Waals surface area contributed by atoms with Crippen molar-refractivity contribution >= 4 is 39.1 Å². The topological polar surface area (TPSA) is 29.5 Å². The molecule has 0 heterocycles. The van der Waals surface area contributed by atoms with Crippen LogP contribution in [0.15, 0.2) is 40.9 Å². The Bertz CT molecular complexity index is 562. The van der Waals surface area contributed by atoms with Crippen molar-refractivity contribution < 1.29 is 9.84 Å². The number of rotatable bonds is 5. The number of aryl methyl sites for hydroxylation is 1. The lowest BCUT2D eigenvalue weighted by Gasteiger charge is -2.10. The van der Waals surface area contributed by atoms with E-state index in [0.717, 1.165) is 17.3 Å². The Hall–Kier alpha value is -0.900. The zero-order valence-electron chi connectivity index (χ0n) is 10.6. The van der Waals surface area contributed by atoms with Crippen LogP contribution in [-0.2, 0) is 6.42 Å². The highest BCUT2D eigenvalue weighted by Crippen LogP contribution is 2.36. The molecule has 0 saturated carbocycles. The van der Waals surface area contributed by atoms with Crippen LogP contribution in [0.5, 0.6) is 11.5 Å². The highest BCUT2D eigenvalue weighted by atomic mass is 79.9. The lowest BCUT2D eigenvalue weighted by atomic mass is 10.1. The van der Waals surface area contributed by atoms with Gasteiger partial charge in [-0.25, -0.2) is 0 Å². The maximum atomic E-state index is 9.33. The molecule has 0 aliphatic heterocycles. The summed E-state index contributed by atoms with van der Waals surface area (Å²) in [5, 5.41) is 9.97. The van der Waals surface area contributed by atoms with Crippen LogP contribution in [0.25, 0.3) is 0 Å². The highest BCUT2D eigenvalue weighted by molar-refractivity contribution is 9.10. The third kappa shape index (κ3) is 4.30. The zero-order valence-corrected chi connectivity index (χ0v) is 13.7. The van der Waals surface area contributed by atoms with Crippen molar-refractivity contribution in [2.45, 2.75) is 12.8 Å². The van der Waals surface area contributed by atoms with Gasteiger partial charge in [0.2, 0.25) is 0 Å². The standard InChI is InChI=1S/C15H13BrCl2O2/c16-11-5-3-10(4-6-11)2-1-7-20-15-13(17)8-12(19)9-14(15)18/h3-6,8-9,19H,1-2,7H2. The van der Waals surface area contributed by atoms with Gasteiger partial charge in [-0.3, -0.25) is 0 Å². The van der Waals surface area contributed by atoms with E-state index in [4.69, 9.17) is 27.9 Å². The van der Waals surface area contributed by atoms with Gasteiger partial charge >= 0.3 is 0 Å². The average molecular weight is 376 g/mol. The van der Waals surface area contributed by atoms with Crippen LogP contribution in [0.1, 0.15) is 12.0 Å². The summed E-state index contributed by atoms with van der Waals surface area (Å²) in [5.41, 5.74) is 1.25. The maximum absolute atomic E-state index is 9.33. The molecular formula is C15H13BrCl2O2. The zero-order chi connectivity index (χ0) is 14.5. The number of hydrogen-bond donors (Lipinski definition) is 1. The summed E-state index contributed by atoms with van der Waals surface area (Å²) in [4.78, 5) is 0. The lowest BCUT2D eigenvalue weighted by molar-refractivity contribution is 0.311. The molecule has 106 valence electrons. The van der Waals surface area contributed by atoms with Gasteiger partial charge in [-0.05, 0) is 30.5 Å². The largest absolute Gasteiger partial charge is 0.508 e. The molecule has 1 N–H and O–H groups in total. The fraction of sp³-hybridized carbons (Fsp3) is 0.200. The Morgan fingerprint density at radius 3 is 2.25 bits per heavy atom. The molecule has 2 rings (SSSR count). The minimum absolute atomic E-state index is 0.0298. The molecule has 5 heteroatoms. The summed E-state index contributed by atoms with van der Waals surface area (Å²) in [7, 11) is 0. The predicted molar refractivity (Wildman–Crippen MR) is 86.1 cm³/mol. The molecule has 0 aromatic heterocycles. The molecule has 0 saturated heterocycles. The Labute approximate surface area is 136 Å². The van der Waals surface area contributed by atoms with Gasteiger partial charge in [-0.2, -0.15) is 0 Å². The van der Waals surface area contributed by atoms with E-state index in [2.05, 4.69) is 28.1 Å². The van der Waals surface area contributed by atoms with E-state index < -0.39 is 0 Å². The third-order valence-electron chi connectivity index (χ3n) is 2.75. The van der Waals surface area contributed by atoms with Crippen molar-refractivity contribution in [1.82, 2.24) is 0 Å². The smallest absolute Gasteiger partial charge is 0.156 e. The van der Waals surface area contributed by atoms with Gasteiger partial charge in [0, 0.05) is 16.6 Å². The first kappa shape index (κ1) is 15.5. The van der Waals surface area contributed by atoms with E-state index >= 15 is 0 Å². The summed E-state index contributed by atoms with van der Waals surface area (Å²) in [6.07, 6.45) is 1.77. The summed E-state index contributed by atoms with van der Waals surface area (Å²) in [5.74, 6) is 0.448. The molecule has 2 aromatic rings. The molecule has 2 aromatic carbocycles. The first-order valence-electron chi connectivity index (χ1n) is 6.11. The number of phenolic OH excluding ortho intramolecular Hbond substituents is 1. The fourth-order valence-electron chi connectivity index (χ4n) is 1.79. The number of halogens is 3. The SMILES string of the molecule is Oc1cc(Cl)c(OCCCc2ccc(Br)cc2)c(Cl)c1. The number of hydrogen-bond acceptors (Lipinski definition) is 2. The van der Waals surface area contributed by atoms with E-state index in [1.807, 2.05) is 12.1 Å². The van der Waals surface area contributed by atoms with Crippen molar-refractivity contribution in [3.63, 3.8) is 0 Å². The van der Waals surface area contributed by atoms with Crippen molar-refractivity contribution in [1.29, 1.82) is 0 Å². The Kier molecular flexibility index (Phi) is 5.58. The second-order valence-electron chi connectivity index (χ2n) is 4.32. The van der Waals surface area contributed by atoms with Crippen molar-refractivity contribution in [3.8, 4) is 11.5 Å². The molecule has 0 fully saturated rings. The number of benzene rings is 2. The summed E-state index contributed by atoms with van der Waals surface area (Å²) in [6, 6.07) is 11.0. The van der Waals surface area contributed by atoms with Gasteiger partial charge in [-0.15, -0.1) is 0 Å². The van der Waals surface area contributed by atoms with Crippen LogP contribution in [0.4, 0.5) is 0 Å². The van der Waals surface area contributed by atoms with E-state index in [0.29, 0.717) is 22.4 Å². The number of phenols is 1. The van der Waals surface area contributed by atoms with Crippen molar-refractivity contribution in [2.24, 2.45) is 0 Å². The van der Waals surface area contributed by atoms with E-state index in [-0.39, 0.29) is 5.75 Å². The van der Waals surface area contributed by atoms with Crippen LogP contribution in [0, 0.1) is 0 Å². The summed E-state index contributed by atoms with van der Waals surface area (Å²) in [6.45, 7) is 0.514. The van der Waals surface area contributed by atoms with Gasteiger partial charge < -0.3 is 9.84 Å². The summed E-state index contributed by atoms with van der Waals surface area (Å²) >= 11 is 15.4. The molecule has 0 aliphatic rings. The minimum atomic E-state index is 0.0298. The molecular weight excluding hydrogens is 363 g/mol. The van der Waals surface area contributed by atoms with Gasteiger partial charge in [0.1, 0.15) is 5.75 Å².